The summed E-state index contributed by atoms with van der Waals surface area (Å²) in [6, 6.07) is 31.3. The fourth-order valence-electron chi connectivity index (χ4n) is 8.06. The molecule has 64 heavy (non-hydrogen) atoms. The Bertz CT molecular complexity index is 2370. The first-order valence-electron chi connectivity index (χ1n) is 21.8. The Morgan fingerprint density at radius 1 is 0.781 bits per heavy atom. The van der Waals surface area contributed by atoms with Crippen molar-refractivity contribution in [2.24, 2.45) is 5.92 Å². The molecule has 0 spiro atoms. The number of ether oxygens (including phenoxy) is 1. The topological polar surface area (TPSA) is 206 Å². The second-order valence-electron chi connectivity index (χ2n) is 16.1. The van der Waals surface area contributed by atoms with Crippen molar-refractivity contribution in [1.29, 1.82) is 0 Å². The molecule has 336 valence electrons. The quantitative estimate of drug-likeness (QED) is 0.0449. The molecule has 7 N–H and O–H groups in total. The maximum absolute atomic E-state index is 13.5. The van der Waals surface area contributed by atoms with Crippen molar-refractivity contribution >= 4 is 47.2 Å². The molecule has 15 heteroatoms. The van der Waals surface area contributed by atoms with Crippen LogP contribution in [0.2, 0.25) is 5.15 Å². The molecule has 14 nitrogen and oxygen atoms in total. The van der Waals surface area contributed by atoms with Crippen LogP contribution in [0, 0.1) is 12.8 Å². The van der Waals surface area contributed by atoms with E-state index in [-0.39, 0.29) is 73.0 Å². The molecule has 1 aliphatic rings. The number of anilines is 2. The van der Waals surface area contributed by atoms with Gasteiger partial charge in [-0.15, -0.1) is 0 Å². The summed E-state index contributed by atoms with van der Waals surface area (Å²) in [6.45, 7) is 5.83. The molecule has 0 fully saturated rings. The lowest BCUT2D eigenvalue weighted by Crippen LogP contribution is -2.41. The van der Waals surface area contributed by atoms with Gasteiger partial charge < -0.3 is 41.7 Å². The molecule has 1 aromatic heterocycles. The number of carboxylic acid groups (broad SMARTS) is 1. The molecule has 1 aliphatic carbocycles. The van der Waals surface area contributed by atoms with Gasteiger partial charge >= 0.3 is 12.2 Å². The maximum atomic E-state index is 13.5. The van der Waals surface area contributed by atoms with Gasteiger partial charge in [-0.05, 0) is 83.2 Å². The largest absolute Gasteiger partial charge is 0.465 e. The molecular weight excluding hydrogens is 832 g/mol. The van der Waals surface area contributed by atoms with Crippen LogP contribution in [-0.4, -0.2) is 94.8 Å². The monoisotopic (exact) mass is 888 g/mol. The smallest absolute Gasteiger partial charge is 0.409 e. The van der Waals surface area contributed by atoms with Crippen molar-refractivity contribution in [2.75, 3.05) is 57.3 Å². The van der Waals surface area contributed by atoms with E-state index < -0.39 is 18.1 Å². The summed E-state index contributed by atoms with van der Waals surface area (Å²) < 4.78 is 5.97. The fraction of sp³-hybridized carbons (Fsp3) is 0.347. The molecule has 1 heterocycles. The van der Waals surface area contributed by atoms with Crippen LogP contribution < -0.4 is 22.1 Å². The Labute approximate surface area is 379 Å². The number of rotatable bonds is 21. The van der Waals surface area contributed by atoms with Crippen LogP contribution in [0.25, 0.3) is 11.1 Å². The molecule has 0 radical (unpaired) electrons. The number of nitrogens with one attached hydrogen (secondary N) is 2. The number of hydrogen-bond acceptors (Lipinski definition) is 9. The zero-order chi connectivity index (χ0) is 45.6. The standard InChI is InChI=1S/C49H57ClN8O6/c1-3-4-5-12-25-57(49(63)64-31-41-39-17-10-8-15-37(39)38-16-9-11-18-40(38)41)27-24-53-46(59)35-21-19-33(20-22-35)23-26-58(48(61)62)30-34(28-36-14-7-6-13-32(36)2)29-54-47(60)42-44(51)56-45(52)43(50)55-42/h6-11,13-22,34,41H,3-5,12,23-31H2,1-2H3,(H,53,59)(H,54,60)(H,61,62)(H4,51,52,56). The van der Waals surface area contributed by atoms with E-state index >= 15 is 0 Å². The van der Waals surface area contributed by atoms with Crippen molar-refractivity contribution in [3.8, 4) is 11.1 Å². The van der Waals surface area contributed by atoms with Crippen molar-refractivity contribution in [2.45, 2.75) is 58.3 Å². The number of nitrogens with two attached hydrogens (primary N) is 2. The van der Waals surface area contributed by atoms with Gasteiger partial charge in [-0.3, -0.25) is 9.59 Å². The van der Waals surface area contributed by atoms with Gasteiger partial charge in [0.25, 0.3) is 11.8 Å². The molecule has 0 saturated carbocycles. The number of benzene rings is 4. The number of hydrogen-bond donors (Lipinski definition) is 5. The van der Waals surface area contributed by atoms with E-state index in [1.54, 1.807) is 29.2 Å². The van der Waals surface area contributed by atoms with Crippen molar-refractivity contribution in [3.63, 3.8) is 0 Å². The maximum Gasteiger partial charge on any atom is 0.409 e. The van der Waals surface area contributed by atoms with E-state index in [1.165, 1.54) is 4.90 Å². The van der Waals surface area contributed by atoms with Crippen LogP contribution in [0.4, 0.5) is 21.2 Å². The third-order valence-corrected chi connectivity index (χ3v) is 11.9. The fourth-order valence-corrected chi connectivity index (χ4v) is 8.19. The first-order valence-corrected chi connectivity index (χ1v) is 22.2. The van der Waals surface area contributed by atoms with Crippen LogP contribution >= 0.6 is 11.6 Å². The summed E-state index contributed by atoms with van der Waals surface area (Å²) in [5, 5.41) is 15.9. The van der Waals surface area contributed by atoms with Crippen LogP contribution in [0.3, 0.4) is 0 Å². The molecule has 0 aliphatic heterocycles. The predicted octanol–water partition coefficient (Wildman–Crippen LogP) is 7.98. The number of aromatic nitrogens is 2. The summed E-state index contributed by atoms with van der Waals surface area (Å²) in [4.78, 5) is 63.3. The van der Waals surface area contributed by atoms with Gasteiger partial charge in [-0.25, -0.2) is 19.6 Å². The van der Waals surface area contributed by atoms with Gasteiger partial charge in [0.15, 0.2) is 22.5 Å². The van der Waals surface area contributed by atoms with E-state index in [0.29, 0.717) is 31.5 Å². The Hall–Kier alpha value is -6.67. The Balaban J connectivity index is 1.02. The number of carbonyl (C=O) groups is 4. The molecule has 5 aromatic rings. The van der Waals surface area contributed by atoms with Gasteiger partial charge in [-0.1, -0.05) is 123 Å². The summed E-state index contributed by atoms with van der Waals surface area (Å²) in [5.74, 6) is -1.52. The van der Waals surface area contributed by atoms with E-state index in [9.17, 15) is 24.3 Å². The van der Waals surface area contributed by atoms with Gasteiger partial charge in [0.2, 0.25) is 0 Å². The molecule has 0 bridgehead atoms. The Kier molecular flexibility index (Phi) is 16.5. The number of unbranched alkanes of at least 4 members (excludes halogenated alkanes) is 3. The van der Waals surface area contributed by atoms with Gasteiger partial charge in [-0.2, -0.15) is 0 Å². The van der Waals surface area contributed by atoms with Crippen LogP contribution in [0.1, 0.15) is 87.2 Å². The SMILES string of the molecule is CCCCCCN(CCNC(=O)c1ccc(CCN(CC(CNC(=O)c2nc(Cl)c(N)nc2N)Cc2ccccc2C)C(=O)O)cc1)C(=O)OCC1c2ccccc2-c2ccccc21. The summed E-state index contributed by atoms with van der Waals surface area (Å²) in [7, 11) is 0. The number of nitrogen functional groups attached to an aromatic ring is 2. The minimum atomic E-state index is -1.10. The average molecular weight is 889 g/mol. The van der Waals surface area contributed by atoms with Crippen LogP contribution in [0.5, 0.6) is 0 Å². The Morgan fingerprint density at radius 3 is 2.12 bits per heavy atom. The van der Waals surface area contributed by atoms with Crippen LogP contribution in [-0.2, 0) is 17.6 Å². The molecule has 4 aromatic carbocycles. The van der Waals surface area contributed by atoms with Crippen molar-refractivity contribution < 1.29 is 29.0 Å². The molecular formula is C49H57ClN8O6. The minimum absolute atomic E-state index is 0.0487. The van der Waals surface area contributed by atoms with E-state index in [4.69, 9.17) is 27.8 Å². The normalized spacial score (nSPS) is 12.2. The molecule has 4 amide bonds. The number of nitrogens with zero attached hydrogens (tertiary/aromatic N) is 4. The third kappa shape index (κ3) is 12.3. The number of amides is 4. The first-order chi connectivity index (χ1) is 30.9. The first kappa shape index (κ1) is 46.8. The highest BCUT2D eigenvalue weighted by atomic mass is 35.5. The number of halogens is 1. The average Bonchev–Trinajstić information content (AvgIpc) is 3.61. The Morgan fingerprint density at radius 2 is 1.45 bits per heavy atom. The molecule has 6 rings (SSSR count). The zero-order valence-corrected chi connectivity index (χ0v) is 37.2. The summed E-state index contributed by atoms with van der Waals surface area (Å²) in [6.07, 6.45) is 3.35. The second kappa shape index (κ2) is 22.6. The lowest BCUT2D eigenvalue weighted by molar-refractivity contribution is 0.0907. The highest BCUT2D eigenvalue weighted by Crippen LogP contribution is 2.44. The van der Waals surface area contributed by atoms with E-state index in [1.807, 2.05) is 55.5 Å². The van der Waals surface area contributed by atoms with Gasteiger partial charge in [0.05, 0.1) is 0 Å². The number of carbonyl (C=O) groups excluding carboxylic acids is 3. The second-order valence-corrected chi connectivity index (χ2v) is 16.5. The minimum Gasteiger partial charge on any atom is -0.465 e. The highest BCUT2D eigenvalue weighted by Gasteiger charge is 2.30. The predicted molar refractivity (Wildman–Crippen MR) is 249 cm³/mol. The molecule has 1 unspecified atom stereocenters. The van der Waals surface area contributed by atoms with Crippen LogP contribution in [0.15, 0.2) is 97.1 Å². The van der Waals surface area contributed by atoms with Gasteiger partial charge in [0.1, 0.15) is 6.61 Å². The third-order valence-electron chi connectivity index (χ3n) is 11.6. The lowest BCUT2D eigenvalue weighted by atomic mass is 9.95. The molecule has 1 atom stereocenters. The zero-order valence-electron chi connectivity index (χ0n) is 36.4. The lowest BCUT2D eigenvalue weighted by Gasteiger charge is -2.26. The number of fused-ring (bicyclic) bond motifs is 3. The van der Waals surface area contributed by atoms with Crippen molar-refractivity contribution in [1.82, 2.24) is 30.4 Å². The summed E-state index contributed by atoms with van der Waals surface area (Å²) >= 11 is 6.00. The number of aryl methyl sites for hydroxylation is 1. The van der Waals surface area contributed by atoms with Gasteiger partial charge in [0, 0.05) is 50.7 Å². The summed E-state index contributed by atoms with van der Waals surface area (Å²) in [5.41, 5.74) is 19.4. The molecule has 0 saturated heterocycles. The highest BCUT2D eigenvalue weighted by molar-refractivity contribution is 6.31. The van der Waals surface area contributed by atoms with Crippen molar-refractivity contribution in [3.05, 3.63) is 141 Å². The van der Waals surface area contributed by atoms with E-state index in [2.05, 4.69) is 51.8 Å². The van der Waals surface area contributed by atoms with E-state index in [0.717, 1.165) is 64.6 Å².